The van der Waals surface area contributed by atoms with Gasteiger partial charge < -0.3 is 24.8 Å². The maximum atomic E-state index is 12.3. The highest BCUT2D eigenvalue weighted by Gasteiger charge is 2.16. The summed E-state index contributed by atoms with van der Waals surface area (Å²) in [5.74, 6) is 1.31. The Morgan fingerprint density at radius 3 is 2.86 bits per heavy atom. The minimum atomic E-state index is -0.143. The normalized spacial score (nSPS) is 16.0. The number of rotatable bonds is 9. The highest BCUT2D eigenvalue weighted by molar-refractivity contribution is 5.94. The van der Waals surface area contributed by atoms with Gasteiger partial charge in [-0.15, -0.1) is 0 Å². The van der Waals surface area contributed by atoms with Crippen molar-refractivity contribution in [1.82, 2.24) is 0 Å². The van der Waals surface area contributed by atoms with Gasteiger partial charge in [-0.3, -0.25) is 4.79 Å². The summed E-state index contributed by atoms with van der Waals surface area (Å²) in [7, 11) is 0. The molecule has 2 aromatic rings. The Morgan fingerprint density at radius 1 is 1.21 bits per heavy atom. The first-order chi connectivity index (χ1) is 13.6. The summed E-state index contributed by atoms with van der Waals surface area (Å²) < 4.78 is 17.1. The molecule has 0 spiro atoms. The van der Waals surface area contributed by atoms with Crippen molar-refractivity contribution in [2.24, 2.45) is 0 Å². The van der Waals surface area contributed by atoms with Crippen LogP contribution in [0.4, 0.5) is 11.4 Å². The second-order valence-corrected chi connectivity index (χ2v) is 7.04. The Morgan fingerprint density at radius 2 is 2.07 bits per heavy atom. The first kappa shape index (κ1) is 20.0. The number of amides is 1. The average molecular weight is 384 g/mol. The number of nitrogens with one attached hydrogen (secondary N) is 2. The van der Waals surface area contributed by atoms with Gasteiger partial charge in [0.1, 0.15) is 18.1 Å². The van der Waals surface area contributed by atoms with Gasteiger partial charge in [0.25, 0.3) is 0 Å². The Bertz CT molecular complexity index is 773. The molecule has 2 N–H and O–H groups in total. The summed E-state index contributed by atoms with van der Waals surface area (Å²) in [6.45, 7) is 5.39. The number of anilines is 2. The van der Waals surface area contributed by atoms with Crippen molar-refractivity contribution in [2.45, 2.75) is 38.9 Å². The van der Waals surface area contributed by atoms with Crippen molar-refractivity contribution in [2.75, 3.05) is 30.4 Å². The van der Waals surface area contributed by atoms with Crippen molar-refractivity contribution in [1.29, 1.82) is 0 Å². The number of ether oxygens (including phenoxy) is 3. The van der Waals surface area contributed by atoms with Crippen LogP contribution in [0.25, 0.3) is 0 Å². The molecule has 1 heterocycles. The van der Waals surface area contributed by atoms with Crippen molar-refractivity contribution < 1.29 is 19.0 Å². The van der Waals surface area contributed by atoms with Crippen LogP contribution in [0.3, 0.4) is 0 Å². The molecule has 1 aliphatic heterocycles. The van der Waals surface area contributed by atoms with E-state index in [9.17, 15) is 4.79 Å². The minimum Gasteiger partial charge on any atom is -0.491 e. The van der Waals surface area contributed by atoms with Crippen LogP contribution in [0.5, 0.6) is 11.5 Å². The van der Waals surface area contributed by atoms with Gasteiger partial charge in [0, 0.05) is 18.4 Å². The number of para-hydroxylation sites is 2. The molecular formula is C22H28N2O4. The minimum absolute atomic E-state index is 0.0822. The van der Waals surface area contributed by atoms with E-state index in [1.54, 1.807) is 0 Å². The van der Waals surface area contributed by atoms with E-state index in [4.69, 9.17) is 14.2 Å². The predicted molar refractivity (Wildman–Crippen MR) is 110 cm³/mol. The molecule has 3 rings (SSSR count). The van der Waals surface area contributed by atoms with Gasteiger partial charge in [-0.1, -0.05) is 18.2 Å². The summed E-state index contributed by atoms with van der Waals surface area (Å²) in [5.41, 5.74) is 1.49. The summed E-state index contributed by atoms with van der Waals surface area (Å²) in [5, 5.41) is 6.03. The fourth-order valence-electron chi connectivity index (χ4n) is 3.00. The van der Waals surface area contributed by atoms with Crippen molar-refractivity contribution in [3.8, 4) is 11.5 Å². The molecule has 1 amide bonds. The third kappa shape index (κ3) is 6.16. The molecule has 1 unspecified atom stereocenters. The molecule has 6 heteroatoms. The zero-order chi connectivity index (χ0) is 19.8. The van der Waals surface area contributed by atoms with E-state index in [2.05, 4.69) is 10.6 Å². The van der Waals surface area contributed by atoms with Gasteiger partial charge in [-0.05, 0) is 51.0 Å². The van der Waals surface area contributed by atoms with E-state index in [-0.39, 0.29) is 24.7 Å². The first-order valence-electron chi connectivity index (χ1n) is 9.74. The Hall–Kier alpha value is -2.73. The van der Waals surface area contributed by atoms with Gasteiger partial charge in [0.05, 0.1) is 24.4 Å². The largest absolute Gasteiger partial charge is 0.491 e. The number of hydrogen-bond donors (Lipinski definition) is 2. The molecule has 1 atom stereocenters. The monoisotopic (exact) mass is 384 g/mol. The molecule has 0 aromatic heterocycles. The van der Waals surface area contributed by atoms with E-state index >= 15 is 0 Å². The van der Waals surface area contributed by atoms with Crippen LogP contribution in [0.15, 0.2) is 48.5 Å². The molecule has 150 valence electrons. The van der Waals surface area contributed by atoms with Gasteiger partial charge >= 0.3 is 0 Å². The first-order valence-corrected chi connectivity index (χ1v) is 9.74. The molecule has 0 bridgehead atoms. The fourth-order valence-corrected chi connectivity index (χ4v) is 3.00. The van der Waals surface area contributed by atoms with Crippen molar-refractivity contribution >= 4 is 17.3 Å². The smallest absolute Gasteiger partial charge is 0.243 e. The van der Waals surface area contributed by atoms with Crippen LogP contribution >= 0.6 is 0 Å². The predicted octanol–water partition coefficient (Wildman–Crippen LogP) is 4.08. The Labute approximate surface area is 166 Å². The lowest BCUT2D eigenvalue weighted by molar-refractivity contribution is -0.114. The third-order valence-electron chi connectivity index (χ3n) is 4.26. The molecule has 6 nitrogen and oxygen atoms in total. The Balaban J connectivity index is 1.51. The number of carbonyl (C=O) groups excluding carboxylic acids is 1. The number of carbonyl (C=O) groups is 1. The highest BCUT2D eigenvalue weighted by Crippen LogP contribution is 2.25. The van der Waals surface area contributed by atoms with Crippen LogP contribution in [0, 0.1) is 0 Å². The van der Waals surface area contributed by atoms with E-state index in [0.29, 0.717) is 12.3 Å². The molecule has 0 aliphatic carbocycles. The quantitative estimate of drug-likeness (QED) is 0.682. The summed E-state index contributed by atoms with van der Waals surface area (Å²) in [6, 6.07) is 15.0. The lowest BCUT2D eigenvalue weighted by Crippen LogP contribution is -2.22. The van der Waals surface area contributed by atoms with Gasteiger partial charge in [0.2, 0.25) is 5.91 Å². The molecule has 2 aromatic carbocycles. The third-order valence-corrected chi connectivity index (χ3v) is 4.26. The highest BCUT2D eigenvalue weighted by atomic mass is 16.5. The van der Waals surface area contributed by atoms with Gasteiger partial charge in [-0.2, -0.15) is 0 Å². The Kier molecular flexibility index (Phi) is 7.14. The van der Waals surface area contributed by atoms with E-state index < -0.39 is 0 Å². The van der Waals surface area contributed by atoms with Crippen LogP contribution in [0.2, 0.25) is 0 Å². The maximum Gasteiger partial charge on any atom is 0.243 e. The summed E-state index contributed by atoms with van der Waals surface area (Å²) in [6.07, 6.45) is 2.34. The lowest BCUT2D eigenvalue weighted by atomic mass is 10.2. The molecule has 0 radical (unpaired) electrons. The van der Waals surface area contributed by atoms with Crippen molar-refractivity contribution in [3.63, 3.8) is 0 Å². The molecular weight excluding hydrogens is 356 g/mol. The molecule has 1 fully saturated rings. The van der Waals surface area contributed by atoms with E-state index in [1.807, 2.05) is 62.4 Å². The summed E-state index contributed by atoms with van der Waals surface area (Å²) in [4.78, 5) is 12.3. The summed E-state index contributed by atoms with van der Waals surface area (Å²) >= 11 is 0. The second-order valence-electron chi connectivity index (χ2n) is 7.04. The molecule has 1 saturated heterocycles. The molecule has 0 saturated carbocycles. The van der Waals surface area contributed by atoms with Crippen molar-refractivity contribution in [3.05, 3.63) is 48.5 Å². The second kappa shape index (κ2) is 9.99. The number of benzene rings is 2. The zero-order valence-electron chi connectivity index (χ0n) is 16.4. The topological polar surface area (TPSA) is 68.8 Å². The zero-order valence-corrected chi connectivity index (χ0v) is 16.4. The van der Waals surface area contributed by atoms with Crippen LogP contribution in [-0.4, -0.2) is 37.9 Å². The SMILES string of the molecule is CC(C)Oc1cccc(NC(=O)CNc2ccccc2OCC2CCCO2)c1. The van der Waals surface area contributed by atoms with Gasteiger partial charge in [-0.25, -0.2) is 0 Å². The van der Waals surface area contributed by atoms with Crippen LogP contribution in [0.1, 0.15) is 26.7 Å². The standard InChI is InChI=1S/C22H28N2O4/c1-16(2)28-18-8-5-7-17(13-18)24-22(25)14-23-20-10-3-4-11-21(20)27-15-19-9-6-12-26-19/h3-5,7-8,10-11,13,16,19,23H,6,9,12,14-15H2,1-2H3,(H,24,25). The number of hydrogen-bond acceptors (Lipinski definition) is 5. The fraction of sp³-hybridized carbons (Fsp3) is 0.409. The van der Waals surface area contributed by atoms with E-state index in [0.717, 1.165) is 36.6 Å². The molecule has 28 heavy (non-hydrogen) atoms. The average Bonchev–Trinajstić information content (AvgIpc) is 3.19. The van der Waals surface area contributed by atoms with E-state index in [1.165, 1.54) is 0 Å². The molecule has 1 aliphatic rings. The van der Waals surface area contributed by atoms with Crippen LogP contribution in [-0.2, 0) is 9.53 Å². The van der Waals surface area contributed by atoms with Crippen LogP contribution < -0.4 is 20.1 Å². The van der Waals surface area contributed by atoms with Gasteiger partial charge in [0.15, 0.2) is 0 Å². The lowest BCUT2D eigenvalue weighted by Gasteiger charge is -2.16. The maximum absolute atomic E-state index is 12.3.